The Morgan fingerprint density at radius 1 is 1.48 bits per heavy atom. The Balaban J connectivity index is 2.21. The first-order chi connectivity index (χ1) is 12.0. The number of amides is 1. The quantitative estimate of drug-likeness (QED) is 0.429. The molecule has 1 saturated carbocycles. The first kappa shape index (κ1) is 19.3. The van der Waals surface area contributed by atoms with E-state index in [-0.39, 0.29) is 17.5 Å². The Bertz CT molecular complexity index is 706. The molecule has 1 N–H and O–H groups in total. The molecule has 25 heavy (non-hydrogen) atoms. The lowest BCUT2D eigenvalue weighted by atomic mass is 9.86. The van der Waals surface area contributed by atoms with E-state index in [1.165, 1.54) is 6.42 Å². The maximum absolute atomic E-state index is 12.5. The summed E-state index contributed by atoms with van der Waals surface area (Å²) < 4.78 is 6.46. The molecule has 0 radical (unpaired) electrons. The van der Waals surface area contributed by atoms with Gasteiger partial charge in [0.15, 0.2) is 0 Å². The van der Waals surface area contributed by atoms with Gasteiger partial charge in [-0.05, 0) is 43.0 Å². The van der Waals surface area contributed by atoms with Gasteiger partial charge in [0.1, 0.15) is 24.0 Å². The molecule has 0 aromatic heterocycles. The van der Waals surface area contributed by atoms with Crippen LogP contribution in [0.3, 0.4) is 0 Å². The molecule has 2 atom stereocenters. The van der Waals surface area contributed by atoms with Gasteiger partial charge >= 0.3 is 0 Å². The van der Waals surface area contributed by atoms with Crippen molar-refractivity contribution in [2.24, 2.45) is 5.92 Å². The largest absolute Gasteiger partial charge is 0.489 e. The fraction of sp³-hybridized carbons (Fsp3) is 0.400. The predicted molar refractivity (Wildman–Crippen MR) is 103 cm³/mol. The van der Waals surface area contributed by atoms with E-state index in [1.54, 1.807) is 18.2 Å². The van der Waals surface area contributed by atoms with Crippen LogP contribution in [0.4, 0.5) is 0 Å². The molecule has 0 aliphatic heterocycles. The molecule has 0 bridgehead atoms. The van der Waals surface area contributed by atoms with Crippen molar-refractivity contribution in [1.29, 1.82) is 5.26 Å². The topological polar surface area (TPSA) is 62.1 Å². The molecule has 0 unspecified atom stereocenters. The summed E-state index contributed by atoms with van der Waals surface area (Å²) in [6.45, 7) is 6.14. The fourth-order valence-electron chi connectivity index (χ4n) is 2.99. The van der Waals surface area contributed by atoms with Crippen molar-refractivity contribution < 1.29 is 9.53 Å². The van der Waals surface area contributed by atoms with Gasteiger partial charge in [-0.1, -0.05) is 48.4 Å². The van der Waals surface area contributed by atoms with Gasteiger partial charge < -0.3 is 10.1 Å². The zero-order valence-electron chi connectivity index (χ0n) is 14.4. The summed E-state index contributed by atoms with van der Waals surface area (Å²) in [6, 6.07) is 7.63. The number of hydrogen-bond acceptors (Lipinski definition) is 3. The first-order valence-corrected chi connectivity index (χ1v) is 9.30. The molecule has 1 aromatic rings. The van der Waals surface area contributed by atoms with E-state index in [2.05, 4.69) is 34.7 Å². The number of nitriles is 1. The number of carbonyl (C=O) groups excluding carboxylic acids is 1. The Kier molecular flexibility index (Phi) is 7.27. The first-order valence-electron chi connectivity index (χ1n) is 8.51. The van der Waals surface area contributed by atoms with E-state index >= 15 is 0 Å². The van der Waals surface area contributed by atoms with Crippen molar-refractivity contribution >= 4 is 27.9 Å². The van der Waals surface area contributed by atoms with Gasteiger partial charge in [-0.3, -0.25) is 4.79 Å². The van der Waals surface area contributed by atoms with E-state index in [0.717, 1.165) is 23.7 Å². The van der Waals surface area contributed by atoms with Crippen LogP contribution in [0, 0.1) is 17.2 Å². The fourth-order valence-corrected chi connectivity index (χ4v) is 3.37. The monoisotopic (exact) mass is 402 g/mol. The highest BCUT2D eigenvalue weighted by molar-refractivity contribution is 9.10. The highest BCUT2D eigenvalue weighted by Gasteiger charge is 2.24. The minimum absolute atomic E-state index is 0.0827. The number of nitrogens with zero attached hydrogens (tertiary/aromatic N) is 1. The molecule has 1 fully saturated rings. The van der Waals surface area contributed by atoms with Gasteiger partial charge in [-0.25, -0.2) is 0 Å². The molecule has 132 valence electrons. The number of halogens is 1. The molecule has 4 nitrogen and oxygen atoms in total. The lowest BCUT2D eigenvalue weighted by Crippen LogP contribution is -2.41. The van der Waals surface area contributed by atoms with Crippen molar-refractivity contribution in [2.45, 2.75) is 38.6 Å². The summed E-state index contributed by atoms with van der Waals surface area (Å²) >= 11 is 3.41. The molecule has 1 aliphatic carbocycles. The van der Waals surface area contributed by atoms with Gasteiger partial charge in [-0.2, -0.15) is 5.26 Å². The summed E-state index contributed by atoms with van der Waals surface area (Å²) in [6.07, 6.45) is 7.63. The zero-order valence-corrected chi connectivity index (χ0v) is 16.0. The summed E-state index contributed by atoms with van der Waals surface area (Å²) in [5, 5.41) is 12.5. The smallest absolute Gasteiger partial charge is 0.262 e. The third-order valence-electron chi connectivity index (χ3n) is 4.42. The maximum atomic E-state index is 12.5. The summed E-state index contributed by atoms with van der Waals surface area (Å²) in [4.78, 5) is 12.5. The second-order valence-corrected chi connectivity index (χ2v) is 7.21. The van der Waals surface area contributed by atoms with Crippen LogP contribution in [0.5, 0.6) is 5.75 Å². The van der Waals surface area contributed by atoms with Crippen LogP contribution in [-0.2, 0) is 4.79 Å². The van der Waals surface area contributed by atoms with Gasteiger partial charge in [-0.15, -0.1) is 0 Å². The SMILES string of the molecule is C=CCOc1ccc(Br)cc1/C=C(\C#N)C(=O)N[C@@H]1CCCC[C@@H]1C. The van der Waals surface area contributed by atoms with Crippen molar-refractivity contribution in [1.82, 2.24) is 5.32 Å². The molecule has 0 spiro atoms. The lowest BCUT2D eigenvalue weighted by Gasteiger charge is -2.29. The lowest BCUT2D eigenvalue weighted by molar-refractivity contribution is -0.118. The normalized spacial score (nSPS) is 20.4. The van der Waals surface area contributed by atoms with Crippen LogP contribution in [0.2, 0.25) is 0 Å². The molecule has 0 heterocycles. The van der Waals surface area contributed by atoms with E-state index in [1.807, 2.05) is 18.2 Å². The summed E-state index contributed by atoms with van der Waals surface area (Å²) in [5.74, 6) is 0.723. The van der Waals surface area contributed by atoms with Crippen molar-refractivity contribution in [3.05, 3.63) is 46.5 Å². The Morgan fingerprint density at radius 2 is 2.24 bits per heavy atom. The second kappa shape index (κ2) is 9.43. The Hall–Kier alpha value is -2.06. The van der Waals surface area contributed by atoms with Crippen molar-refractivity contribution in [3.63, 3.8) is 0 Å². The van der Waals surface area contributed by atoms with Crippen LogP contribution < -0.4 is 10.1 Å². The maximum Gasteiger partial charge on any atom is 0.262 e. The number of hydrogen-bond donors (Lipinski definition) is 1. The molecule has 0 saturated heterocycles. The summed E-state index contributed by atoms with van der Waals surface area (Å²) in [5.41, 5.74) is 0.763. The number of rotatable bonds is 6. The van der Waals surface area contributed by atoms with E-state index in [0.29, 0.717) is 23.8 Å². The van der Waals surface area contributed by atoms with Crippen LogP contribution in [0.1, 0.15) is 38.2 Å². The average Bonchev–Trinajstić information content (AvgIpc) is 2.60. The third-order valence-corrected chi connectivity index (χ3v) is 4.91. The molecule has 2 rings (SSSR count). The van der Waals surface area contributed by atoms with Crippen molar-refractivity contribution in [3.8, 4) is 11.8 Å². The second-order valence-electron chi connectivity index (χ2n) is 6.29. The average molecular weight is 403 g/mol. The molecule has 1 aromatic carbocycles. The highest BCUT2D eigenvalue weighted by Crippen LogP contribution is 2.27. The number of benzene rings is 1. The number of ether oxygens (including phenoxy) is 1. The number of carbonyl (C=O) groups is 1. The Morgan fingerprint density at radius 3 is 2.92 bits per heavy atom. The van der Waals surface area contributed by atoms with E-state index in [4.69, 9.17) is 4.74 Å². The van der Waals surface area contributed by atoms with Gasteiger partial charge in [0.2, 0.25) is 0 Å². The van der Waals surface area contributed by atoms with E-state index < -0.39 is 0 Å². The summed E-state index contributed by atoms with van der Waals surface area (Å²) in [7, 11) is 0. The molecular formula is C20H23BrN2O2. The van der Waals surface area contributed by atoms with Gasteiger partial charge in [0.05, 0.1) is 0 Å². The van der Waals surface area contributed by atoms with E-state index in [9.17, 15) is 10.1 Å². The highest BCUT2D eigenvalue weighted by atomic mass is 79.9. The molecule has 1 aliphatic rings. The van der Waals surface area contributed by atoms with Crippen LogP contribution >= 0.6 is 15.9 Å². The zero-order chi connectivity index (χ0) is 18.2. The predicted octanol–water partition coefficient (Wildman–Crippen LogP) is 4.62. The molecular weight excluding hydrogens is 380 g/mol. The van der Waals surface area contributed by atoms with Crippen LogP contribution in [0.15, 0.2) is 40.9 Å². The third kappa shape index (κ3) is 5.47. The van der Waals surface area contributed by atoms with Gasteiger partial charge in [0, 0.05) is 16.1 Å². The molecule has 5 heteroatoms. The van der Waals surface area contributed by atoms with Crippen LogP contribution in [-0.4, -0.2) is 18.6 Å². The van der Waals surface area contributed by atoms with Gasteiger partial charge in [0.25, 0.3) is 5.91 Å². The van der Waals surface area contributed by atoms with Crippen LogP contribution in [0.25, 0.3) is 6.08 Å². The van der Waals surface area contributed by atoms with Crippen molar-refractivity contribution in [2.75, 3.05) is 6.61 Å². The minimum atomic E-state index is -0.323. The molecule has 1 amide bonds. The minimum Gasteiger partial charge on any atom is -0.489 e. The number of nitrogens with one attached hydrogen (secondary N) is 1. The Labute approximate surface area is 157 Å². The standard InChI is InChI=1S/C20H23BrN2O2/c1-3-10-25-19-9-8-17(21)12-15(19)11-16(13-22)20(24)23-18-7-5-4-6-14(18)2/h3,8-9,11-12,14,18H,1,4-7,10H2,2H3,(H,23,24)/b16-11+/t14-,18+/m0/s1.